The van der Waals surface area contributed by atoms with E-state index in [2.05, 4.69) is 16.4 Å². The van der Waals surface area contributed by atoms with Crippen LogP contribution in [0.3, 0.4) is 0 Å². The zero-order valence-corrected chi connectivity index (χ0v) is 14.8. The molecule has 1 atom stereocenters. The number of amides is 1. The van der Waals surface area contributed by atoms with Crippen molar-refractivity contribution in [3.8, 4) is 6.07 Å². The average molecular weight is 362 g/mol. The van der Waals surface area contributed by atoms with Crippen LogP contribution in [0.5, 0.6) is 0 Å². The van der Waals surface area contributed by atoms with Crippen LogP contribution in [-0.2, 0) is 4.79 Å². The highest BCUT2D eigenvalue weighted by Gasteiger charge is 2.15. The van der Waals surface area contributed by atoms with E-state index in [1.165, 1.54) is 24.3 Å². The number of anilines is 1. The minimum atomic E-state index is -0.366. The van der Waals surface area contributed by atoms with Crippen molar-refractivity contribution in [1.82, 2.24) is 4.98 Å². The van der Waals surface area contributed by atoms with E-state index >= 15 is 0 Å². The van der Waals surface area contributed by atoms with Gasteiger partial charge in [0.05, 0.1) is 18.1 Å². The maximum atomic E-state index is 12.9. The third kappa shape index (κ3) is 4.39. The topological polar surface area (TPSA) is 92.5 Å². The summed E-state index contributed by atoms with van der Waals surface area (Å²) in [5.41, 5.74) is 3.36. The summed E-state index contributed by atoms with van der Waals surface area (Å²) in [6.45, 7) is 2.01. The van der Waals surface area contributed by atoms with Crippen molar-refractivity contribution in [2.24, 2.45) is 0 Å². The van der Waals surface area contributed by atoms with Gasteiger partial charge in [0.25, 0.3) is 0 Å². The molecule has 0 aliphatic carbocycles. The van der Waals surface area contributed by atoms with E-state index in [1.807, 2.05) is 19.2 Å². The van der Waals surface area contributed by atoms with E-state index in [1.54, 1.807) is 12.1 Å². The maximum Gasteiger partial charge on any atom is 0.230 e. The van der Waals surface area contributed by atoms with Gasteiger partial charge < -0.3 is 15.7 Å². The highest BCUT2D eigenvalue weighted by molar-refractivity contribution is 6.05. The lowest BCUT2D eigenvalue weighted by Crippen LogP contribution is -2.17. The third-order valence-electron chi connectivity index (χ3n) is 4.43. The quantitative estimate of drug-likeness (QED) is 0.554. The van der Waals surface area contributed by atoms with Gasteiger partial charge in [-0.15, -0.1) is 0 Å². The average Bonchev–Trinajstić information content (AvgIpc) is 3.06. The van der Waals surface area contributed by atoms with Crippen LogP contribution in [-0.4, -0.2) is 16.6 Å². The zero-order chi connectivity index (χ0) is 19.4. The molecule has 2 aromatic carbocycles. The fourth-order valence-corrected chi connectivity index (χ4v) is 3.11. The molecule has 27 heavy (non-hydrogen) atoms. The van der Waals surface area contributed by atoms with Gasteiger partial charge in [-0.2, -0.15) is 5.26 Å². The van der Waals surface area contributed by atoms with E-state index in [4.69, 9.17) is 10.7 Å². The van der Waals surface area contributed by atoms with Gasteiger partial charge in [-0.05, 0) is 54.3 Å². The highest BCUT2D eigenvalue weighted by Crippen LogP contribution is 2.28. The van der Waals surface area contributed by atoms with E-state index in [0.717, 1.165) is 16.5 Å². The molecule has 1 unspecified atom stereocenters. The van der Waals surface area contributed by atoms with Gasteiger partial charge in [-0.1, -0.05) is 13.0 Å². The molecule has 136 valence electrons. The van der Waals surface area contributed by atoms with Crippen LogP contribution in [0.1, 0.15) is 36.8 Å². The summed E-state index contributed by atoms with van der Waals surface area (Å²) in [5, 5.41) is 20.8. The molecule has 1 aromatic heterocycles. The van der Waals surface area contributed by atoms with Gasteiger partial charge in [0.1, 0.15) is 5.82 Å². The largest absolute Gasteiger partial charge is 0.361 e. The first-order valence-electron chi connectivity index (χ1n) is 8.59. The molecule has 1 amide bonds. The summed E-state index contributed by atoms with van der Waals surface area (Å²) in [6.07, 6.45) is 2.33. The second-order valence-corrected chi connectivity index (χ2v) is 6.56. The number of carbonyl (C=O) groups is 1. The molecule has 1 heterocycles. The van der Waals surface area contributed by atoms with Crippen LogP contribution in [0.15, 0.2) is 48.7 Å². The van der Waals surface area contributed by atoms with Crippen LogP contribution in [0.4, 0.5) is 10.1 Å². The predicted octanol–water partition coefficient (Wildman–Crippen LogP) is 4.72. The number of nitriles is 1. The van der Waals surface area contributed by atoms with E-state index in [9.17, 15) is 9.18 Å². The second-order valence-electron chi connectivity index (χ2n) is 6.56. The molecule has 0 saturated carbocycles. The summed E-state index contributed by atoms with van der Waals surface area (Å²) in [6, 6.07) is 13.1. The molecule has 0 aliphatic heterocycles. The van der Waals surface area contributed by atoms with Crippen molar-refractivity contribution in [2.45, 2.75) is 25.7 Å². The van der Waals surface area contributed by atoms with Crippen LogP contribution in [0, 0.1) is 22.6 Å². The Labute approximate surface area is 156 Å². The third-order valence-corrected chi connectivity index (χ3v) is 4.43. The molecule has 0 radical (unpaired) electrons. The molecular formula is C21H19FN4O. The van der Waals surface area contributed by atoms with E-state index in [-0.39, 0.29) is 24.1 Å². The predicted molar refractivity (Wildman–Crippen MR) is 103 cm³/mol. The normalized spacial score (nSPS) is 11.7. The number of hydrogen-bond acceptors (Lipinski definition) is 3. The number of carbonyl (C=O) groups excluding carboxylic acids is 1. The second kappa shape index (κ2) is 7.83. The minimum Gasteiger partial charge on any atom is -0.361 e. The summed E-state index contributed by atoms with van der Waals surface area (Å²) < 4.78 is 12.9. The Bertz CT molecular complexity index is 1030. The number of hydrogen-bond donors (Lipinski definition) is 3. The van der Waals surface area contributed by atoms with Gasteiger partial charge in [-0.25, -0.2) is 4.39 Å². The number of aromatic nitrogens is 1. The van der Waals surface area contributed by atoms with Gasteiger partial charge >= 0.3 is 0 Å². The minimum absolute atomic E-state index is 0.0113. The number of aromatic amines is 1. The molecule has 0 aliphatic rings. The lowest BCUT2D eigenvalue weighted by Gasteiger charge is -2.12. The zero-order valence-electron chi connectivity index (χ0n) is 14.8. The first kappa shape index (κ1) is 18.3. The first-order valence-corrected chi connectivity index (χ1v) is 8.59. The van der Waals surface area contributed by atoms with Crippen LogP contribution in [0.25, 0.3) is 10.9 Å². The number of nitrogens with one attached hydrogen (secondary N) is 3. The number of benzene rings is 2. The summed E-state index contributed by atoms with van der Waals surface area (Å²) in [7, 11) is 0. The monoisotopic (exact) mass is 362 g/mol. The Morgan fingerprint density at radius 2 is 2.04 bits per heavy atom. The first-order chi connectivity index (χ1) is 13.0. The van der Waals surface area contributed by atoms with Crippen LogP contribution < -0.4 is 5.32 Å². The van der Waals surface area contributed by atoms with Gasteiger partial charge in [0.15, 0.2) is 0 Å². The molecule has 6 heteroatoms. The van der Waals surface area contributed by atoms with Crippen molar-refractivity contribution in [3.63, 3.8) is 0 Å². The lowest BCUT2D eigenvalue weighted by atomic mass is 9.93. The SMILES string of the molecule is CC(CC(=N)CC(=O)Nc1ccc(F)cc1)c1c[nH]c2cc(C#N)ccc12. The summed E-state index contributed by atoms with van der Waals surface area (Å²) >= 11 is 0. The smallest absolute Gasteiger partial charge is 0.230 e. The molecule has 3 N–H and O–H groups in total. The number of fused-ring (bicyclic) bond motifs is 1. The fraction of sp³-hybridized carbons (Fsp3) is 0.190. The highest BCUT2D eigenvalue weighted by atomic mass is 19.1. The Kier molecular flexibility index (Phi) is 5.32. The molecular weight excluding hydrogens is 343 g/mol. The standard InChI is InChI=1S/C21H19FN4O/c1-13(19-12-25-20-9-14(11-23)2-7-18(19)20)8-16(24)10-21(27)26-17-5-3-15(22)4-6-17/h2-7,9,12-13,24-25H,8,10H2,1H3,(H,26,27). The summed E-state index contributed by atoms with van der Waals surface area (Å²) in [5.74, 6) is -0.607. The van der Waals surface area contributed by atoms with Crippen molar-refractivity contribution < 1.29 is 9.18 Å². The number of nitrogens with zero attached hydrogens (tertiary/aromatic N) is 1. The maximum absolute atomic E-state index is 12.9. The molecule has 3 rings (SSSR count). The van der Waals surface area contributed by atoms with Crippen molar-refractivity contribution >= 4 is 28.2 Å². The van der Waals surface area contributed by atoms with Crippen molar-refractivity contribution in [2.75, 3.05) is 5.32 Å². The Morgan fingerprint density at radius 1 is 1.30 bits per heavy atom. The molecule has 0 bridgehead atoms. The van der Waals surface area contributed by atoms with Gasteiger partial charge in [-0.3, -0.25) is 4.79 Å². The Morgan fingerprint density at radius 3 is 2.74 bits per heavy atom. The summed E-state index contributed by atoms with van der Waals surface area (Å²) in [4.78, 5) is 15.2. The molecule has 0 saturated heterocycles. The molecule has 0 fully saturated rings. The fourth-order valence-electron chi connectivity index (χ4n) is 3.11. The van der Waals surface area contributed by atoms with Crippen LogP contribution in [0.2, 0.25) is 0 Å². The van der Waals surface area contributed by atoms with E-state index in [0.29, 0.717) is 23.4 Å². The number of H-pyrrole nitrogens is 1. The molecule has 3 aromatic rings. The Balaban J connectivity index is 1.61. The van der Waals surface area contributed by atoms with Gasteiger partial charge in [0.2, 0.25) is 5.91 Å². The Hall–Kier alpha value is -3.46. The number of rotatable bonds is 6. The van der Waals surface area contributed by atoms with Crippen LogP contribution >= 0.6 is 0 Å². The van der Waals surface area contributed by atoms with Crippen molar-refractivity contribution in [1.29, 1.82) is 10.7 Å². The lowest BCUT2D eigenvalue weighted by molar-refractivity contribution is -0.115. The van der Waals surface area contributed by atoms with E-state index < -0.39 is 0 Å². The van der Waals surface area contributed by atoms with Crippen molar-refractivity contribution in [3.05, 3.63) is 65.6 Å². The number of halogens is 1. The van der Waals surface area contributed by atoms with Gasteiger partial charge in [0, 0.05) is 28.5 Å². The molecule has 5 nitrogen and oxygen atoms in total. The molecule has 0 spiro atoms.